The molecule has 0 saturated carbocycles. The second-order valence-electron chi connectivity index (χ2n) is 4.02. The number of rotatable bonds is 3. The first-order valence-corrected chi connectivity index (χ1v) is 7.70. The lowest BCUT2D eigenvalue weighted by atomic mass is 10.3. The summed E-state index contributed by atoms with van der Waals surface area (Å²) in [7, 11) is -2.42. The van der Waals surface area contributed by atoms with Crippen molar-refractivity contribution in [1.82, 2.24) is 4.31 Å². The molecule has 0 aromatic carbocycles. The van der Waals surface area contributed by atoms with Crippen molar-refractivity contribution in [2.75, 3.05) is 20.2 Å². The average molecular weight is 327 g/mol. The Kier molecular flexibility index (Phi) is 5.34. The summed E-state index contributed by atoms with van der Waals surface area (Å²) in [5.74, 6) is -0.632. The van der Waals surface area contributed by atoms with E-state index in [-0.39, 0.29) is 28.2 Å². The molecule has 0 unspecified atom stereocenters. The van der Waals surface area contributed by atoms with Gasteiger partial charge in [-0.25, -0.2) is 13.2 Å². The van der Waals surface area contributed by atoms with Gasteiger partial charge in [0.15, 0.2) is 0 Å². The number of thiophene rings is 1. The second-order valence-corrected chi connectivity index (χ2v) is 6.84. The number of esters is 1. The standard InChI is InChI=1S/C10H14N2O4S2.ClH/c1-16-10(13)9-8(3-5-17-9)18(14,15)12-4-2-7(11)6-12;/h3,5,7H,2,4,6,11H2,1H3;1H/t7-;/m0./s1. The zero-order valence-corrected chi connectivity index (χ0v) is 12.7. The van der Waals surface area contributed by atoms with Crippen LogP contribution in [0, 0.1) is 0 Å². The Morgan fingerprint density at radius 3 is 2.79 bits per heavy atom. The van der Waals surface area contributed by atoms with E-state index in [1.807, 2.05) is 0 Å². The van der Waals surface area contributed by atoms with Crippen molar-refractivity contribution >= 4 is 39.7 Å². The Labute approximate surface area is 122 Å². The molecule has 2 heterocycles. The van der Waals surface area contributed by atoms with Crippen LogP contribution in [-0.4, -0.2) is 44.9 Å². The monoisotopic (exact) mass is 326 g/mol. The van der Waals surface area contributed by atoms with E-state index in [2.05, 4.69) is 4.74 Å². The third kappa shape index (κ3) is 3.09. The van der Waals surface area contributed by atoms with Crippen LogP contribution in [0.15, 0.2) is 16.3 Å². The summed E-state index contributed by atoms with van der Waals surface area (Å²) in [5, 5.41) is 1.56. The van der Waals surface area contributed by atoms with Gasteiger partial charge in [-0.2, -0.15) is 4.31 Å². The van der Waals surface area contributed by atoms with Crippen molar-refractivity contribution in [2.24, 2.45) is 5.73 Å². The lowest BCUT2D eigenvalue weighted by Gasteiger charge is -2.15. The first kappa shape index (κ1) is 16.4. The van der Waals surface area contributed by atoms with Gasteiger partial charge >= 0.3 is 5.97 Å². The third-order valence-corrected chi connectivity index (χ3v) is 5.74. The van der Waals surface area contributed by atoms with Crippen molar-refractivity contribution in [3.05, 3.63) is 16.3 Å². The zero-order chi connectivity index (χ0) is 13.3. The zero-order valence-electron chi connectivity index (χ0n) is 10.2. The van der Waals surface area contributed by atoms with E-state index in [4.69, 9.17) is 5.73 Å². The van der Waals surface area contributed by atoms with Gasteiger partial charge in [-0.1, -0.05) is 0 Å². The van der Waals surface area contributed by atoms with E-state index in [0.717, 1.165) is 11.3 Å². The van der Waals surface area contributed by atoms with Crippen LogP contribution in [0.1, 0.15) is 16.1 Å². The Morgan fingerprint density at radius 1 is 1.58 bits per heavy atom. The van der Waals surface area contributed by atoms with Crippen molar-refractivity contribution in [2.45, 2.75) is 17.4 Å². The fourth-order valence-electron chi connectivity index (χ4n) is 1.85. The van der Waals surface area contributed by atoms with Crippen LogP contribution in [-0.2, 0) is 14.8 Å². The Bertz CT molecular complexity index is 558. The van der Waals surface area contributed by atoms with Gasteiger partial charge in [0.25, 0.3) is 0 Å². The van der Waals surface area contributed by atoms with E-state index in [0.29, 0.717) is 19.5 Å². The quantitative estimate of drug-likeness (QED) is 0.825. The van der Waals surface area contributed by atoms with E-state index in [9.17, 15) is 13.2 Å². The number of nitrogens with zero attached hydrogens (tertiary/aromatic N) is 1. The highest BCUT2D eigenvalue weighted by molar-refractivity contribution is 7.89. The van der Waals surface area contributed by atoms with Gasteiger partial charge in [0, 0.05) is 19.1 Å². The molecule has 9 heteroatoms. The predicted octanol–water partition coefficient (Wildman–Crippen LogP) is 0.678. The fraction of sp³-hybridized carbons (Fsp3) is 0.500. The highest BCUT2D eigenvalue weighted by atomic mass is 35.5. The Balaban J connectivity index is 0.00000180. The Morgan fingerprint density at radius 2 is 2.26 bits per heavy atom. The van der Waals surface area contributed by atoms with Crippen molar-refractivity contribution in [3.63, 3.8) is 0 Å². The topological polar surface area (TPSA) is 89.7 Å². The molecule has 6 nitrogen and oxygen atoms in total. The molecule has 0 bridgehead atoms. The minimum atomic E-state index is -3.65. The highest BCUT2D eigenvalue weighted by Crippen LogP contribution is 2.27. The number of hydrogen-bond acceptors (Lipinski definition) is 6. The van der Waals surface area contributed by atoms with Gasteiger partial charge < -0.3 is 10.5 Å². The number of carbonyl (C=O) groups excluding carboxylic acids is 1. The minimum absolute atomic E-state index is 0. The van der Waals surface area contributed by atoms with E-state index in [1.54, 1.807) is 5.38 Å². The second kappa shape index (κ2) is 6.19. The van der Waals surface area contributed by atoms with E-state index in [1.165, 1.54) is 17.5 Å². The van der Waals surface area contributed by atoms with Crippen molar-refractivity contribution in [1.29, 1.82) is 0 Å². The molecule has 1 saturated heterocycles. The molecule has 0 aliphatic carbocycles. The lowest BCUT2D eigenvalue weighted by Crippen LogP contribution is -2.32. The van der Waals surface area contributed by atoms with Crippen LogP contribution in [0.3, 0.4) is 0 Å². The lowest BCUT2D eigenvalue weighted by molar-refractivity contribution is 0.0602. The normalized spacial score (nSPS) is 20.0. The molecule has 1 aromatic rings. The SMILES string of the molecule is COC(=O)c1sccc1S(=O)(=O)N1CC[C@H](N)C1.Cl. The highest BCUT2D eigenvalue weighted by Gasteiger charge is 2.34. The molecule has 108 valence electrons. The van der Waals surface area contributed by atoms with E-state index >= 15 is 0 Å². The molecule has 1 atom stereocenters. The molecule has 0 radical (unpaired) electrons. The molecule has 1 aliphatic heterocycles. The largest absolute Gasteiger partial charge is 0.465 e. The van der Waals surface area contributed by atoms with Crippen LogP contribution in [0.4, 0.5) is 0 Å². The average Bonchev–Trinajstić information content (AvgIpc) is 2.96. The third-order valence-electron chi connectivity index (χ3n) is 2.81. The molecule has 0 spiro atoms. The first-order valence-electron chi connectivity index (χ1n) is 5.38. The molecule has 1 aliphatic rings. The van der Waals surface area contributed by atoms with Crippen molar-refractivity contribution < 1.29 is 17.9 Å². The molecule has 1 fully saturated rings. The molecular formula is C10H15ClN2O4S2. The van der Waals surface area contributed by atoms with Crippen LogP contribution in [0.2, 0.25) is 0 Å². The number of methoxy groups -OCH3 is 1. The number of ether oxygens (including phenoxy) is 1. The summed E-state index contributed by atoms with van der Waals surface area (Å²) in [6.45, 7) is 0.679. The van der Waals surface area contributed by atoms with Crippen LogP contribution >= 0.6 is 23.7 Å². The van der Waals surface area contributed by atoms with Gasteiger partial charge in [-0.3, -0.25) is 0 Å². The van der Waals surface area contributed by atoms with Crippen LogP contribution < -0.4 is 5.73 Å². The minimum Gasteiger partial charge on any atom is -0.465 e. The smallest absolute Gasteiger partial charge is 0.349 e. The molecule has 19 heavy (non-hydrogen) atoms. The van der Waals surface area contributed by atoms with Gasteiger partial charge in [0.05, 0.1) is 7.11 Å². The number of hydrogen-bond donors (Lipinski definition) is 1. The van der Waals surface area contributed by atoms with Gasteiger partial charge in [-0.15, -0.1) is 23.7 Å². The Hall–Kier alpha value is -0.670. The molecule has 0 amide bonds. The summed E-state index contributed by atoms with van der Waals surface area (Å²) < 4.78 is 30.6. The summed E-state index contributed by atoms with van der Waals surface area (Å²) in [6, 6.07) is 1.29. The number of carbonyl (C=O) groups is 1. The first-order chi connectivity index (χ1) is 8.46. The summed E-state index contributed by atoms with van der Waals surface area (Å²) >= 11 is 1.06. The van der Waals surface area contributed by atoms with Crippen LogP contribution in [0.25, 0.3) is 0 Å². The van der Waals surface area contributed by atoms with E-state index < -0.39 is 16.0 Å². The number of sulfonamides is 1. The van der Waals surface area contributed by atoms with Crippen molar-refractivity contribution in [3.8, 4) is 0 Å². The number of halogens is 1. The molecule has 2 N–H and O–H groups in total. The molecule has 2 rings (SSSR count). The molecular weight excluding hydrogens is 312 g/mol. The van der Waals surface area contributed by atoms with Gasteiger partial charge in [0.2, 0.25) is 10.0 Å². The molecule has 1 aromatic heterocycles. The maximum Gasteiger partial charge on any atom is 0.349 e. The summed E-state index contributed by atoms with van der Waals surface area (Å²) in [4.78, 5) is 11.6. The maximum absolute atomic E-state index is 12.4. The van der Waals surface area contributed by atoms with Gasteiger partial charge in [-0.05, 0) is 17.9 Å². The van der Waals surface area contributed by atoms with Crippen LogP contribution in [0.5, 0.6) is 0 Å². The van der Waals surface area contributed by atoms with Gasteiger partial charge in [0.1, 0.15) is 9.77 Å². The predicted molar refractivity (Wildman–Crippen MR) is 74.3 cm³/mol. The summed E-state index contributed by atoms with van der Waals surface area (Å²) in [5.41, 5.74) is 5.70. The maximum atomic E-state index is 12.4. The number of nitrogens with two attached hydrogens (primary N) is 1. The fourth-order valence-corrected chi connectivity index (χ4v) is 4.67. The summed E-state index contributed by atoms with van der Waals surface area (Å²) in [6.07, 6.45) is 0.636.